The van der Waals surface area contributed by atoms with Crippen LogP contribution in [0.2, 0.25) is 5.02 Å². The van der Waals surface area contributed by atoms with E-state index in [9.17, 15) is 9.59 Å². The summed E-state index contributed by atoms with van der Waals surface area (Å²) < 4.78 is 11.0. The quantitative estimate of drug-likeness (QED) is 0.502. The highest BCUT2D eigenvalue weighted by Crippen LogP contribution is 2.37. The smallest absolute Gasteiger partial charge is 0.255 e. The molecule has 0 saturated heterocycles. The molecule has 0 bridgehead atoms. The molecular weight excluding hydrogens is 406 g/mol. The van der Waals surface area contributed by atoms with Gasteiger partial charge in [0, 0.05) is 24.3 Å². The van der Waals surface area contributed by atoms with Crippen LogP contribution in [0.3, 0.4) is 0 Å². The Bertz CT molecular complexity index is 887. The molecule has 4 N–H and O–H groups in total. The van der Waals surface area contributed by atoms with E-state index in [2.05, 4.69) is 10.6 Å². The largest absolute Gasteiger partial charge is 0.490 e. The first-order valence-electron chi connectivity index (χ1n) is 9.78. The van der Waals surface area contributed by atoms with Crippen molar-refractivity contribution in [3.63, 3.8) is 0 Å². The highest BCUT2D eigenvalue weighted by molar-refractivity contribution is 6.32. The lowest BCUT2D eigenvalue weighted by atomic mass is 10.1. The lowest BCUT2D eigenvalue weighted by Gasteiger charge is -2.15. The molecule has 0 atom stereocenters. The summed E-state index contributed by atoms with van der Waals surface area (Å²) in [6, 6.07) is 10.8. The molecule has 0 aliphatic carbocycles. The molecule has 2 rings (SSSR count). The van der Waals surface area contributed by atoms with Crippen LogP contribution in [-0.4, -0.2) is 31.6 Å². The van der Waals surface area contributed by atoms with Crippen LogP contribution in [0, 0.1) is 5.92 Å². The van der Waals surface area contributed by atoms with Crippen LogP contribution < -0.4 is 25.8 Å². The number of hydrogen-bond donors (Lipinski definition) is 3. The first kappa shape index (κ1) is 23.3. The Morgan fingerprint density at radius 1 is 1.17 bits per heavy atom. The van der Waals surface area contributed by atoms with Crippen molar-refractivity contribution in [1.29, 1.82) is 0 Å². The zero-order chi connectivity index (χ0) is 22.1. The lowest BCUT2D eigenvalue weighted by Crippen LogP contribution is -2.27. The normalized spacial score (nSPS) is 10.6. The Balaban J connectivity index is 2.10. The molecule has 0 saturated carbocycles. The summed E-state index contributed by atoms with van der Waals surface area (Å²) in [4.78, 5) is 23.3. The molecule has 162 valence electrons. The number of halogens is 1. The molecular formula is C22H28ClN3O4. The zero-order valence-corrected chi connectivity index (χ0v) is 18.2. The minimum atomic E-state index is -0.600. The van der Waals surface area contributed by atoms with Crippen molar-refractivity contribution < 1.29 is 19.1 Å². The molecule has 0 radical (unpaired) electrons. The topological polar surface area (TPSA) is 103 Å². The molecule has 2 aromatic rings. The van der Waals surface area contributed by atoms with Gasteiger partial charge in [-0.1, -0.05) is 31.5 Å². The van der Waals surface area contributed by atoms with E-state index in [0.29, 0.717) is 41.9 Å². The molecule has 0 spiro atoms. The number of hydrogen-bond acceptors (Lipinski definition) is 5. The van der Waals surface area contributed by atoms with Gasteiger partial charge in [0.25, 0.3) is 11.8 Å². The Morgan fingerprint density at radius 2 is 1.93 bits per heavy atom. The Kier molecular flexibility index (Phi) is 8.80. The predicted molar refractivity (Wildman–Crippen MR) is 118 cm³/mol. The number of ether oxygens (including phenoxy) is 2. The van der Waals surface area contributed by atoms with Crippen LogP contribution in [-0.2, 0) is 11.3 Å². The first-order valence-corrected chi connectivity index (χ1v) is 10.2. The van der Waals surface area contributed by atoms with Gasteiger partial charge >= 0.3 is 0 Å². The number of carbonyl (C=O) groups excluding carboxylic acids is 2. The van der Waals surface area contributed by atoms with E-state index in [1.165, 1.54) is 0 Å². The van der Waals surface area contributed by atoms with E-state index in [-0.39, 0.29) is 18.3 Å². The second-order valence-corrected chi connectivity index (χ2v) is 7.54. The Hall–Kier alpha value is -2.93. The maximum Gasteiger partial charge on any atom is 0.255 e. The van der Waals surface area contributed by atoms with Crippen molar-refractivity contribution in [2.75, 3.05) is 25.1 Å². The molecule has 0 fully saturated rings. The van der Waals surface area contributed by atoms with Crippen LogP contribution in [0.1, 0.15) is 36.7 Å². The number of nitrogens with one attached hydrogen (secondary N) is 2. The highest BCUT2D eigenvalue weighted by Gasteiger charge is 2.14. The van der Waals surface area contributed by atoms with E-state index < -0.39 is 5.91 Å². The van der Waals surface area contributed by atoms with Crippen LogP contribution in [0.5, 0.6) is 11.5 Å². The van der Waals surface area contributed by atoms with Crippen LogP contribution in [0.4, 0.5) is 5.69 Å². The molecule has 0 aliphatic heterocycles. The number of primary amides is 1. The molecule has 2 aromatic carbocycles. The predicted octanol–water partition coefficient (Wildman–Crippen LogP) is 3.60. The standard InChI is InChI=1S/C22H28ClN3O4/c1-4-29-19-9-15(8-18(23)21(19)30-13-20(24)27)12-25-17-7-5-6-16(10-17)22(28)26-11-14(2)3/h5-10,14,25H,4,11-13H2,1-3H3,(H2,24,27)(H,26,28). The van der Waals surface area contributed by atoms with Crippen LogP contribution in [0.15, 0.2) is 36.4 Å². The molecule has 0 aliphatic rings. The lowest BCUT2D eigenvalue weighted by molar-refractivity contribution is -0.119. The van der Waals surface area contributed by atoms with Gasteiger partial charge in [0.15, 0.2) is 18.1 Å². The average Bonchev–Trinajstić information content (AvgIpc) is 2.70. The summed E-state index contributed by atoms with van der Waals surface area (Å²) in [5.41, 5.74) is 7.38. The van der Waals surface area contributed by atoms with Crippen LogP contribution in [0.25, 0.3) is 0 Å². The minimum Gasteiger partial charge on any atom is -0.490 e. The number of amides is 2. The van der Waals surface area contributed by atoms with Gasteiger partial charge < -0.3 is 25.8 Å². The van der Waals surface area contributed by atoms with Gasteiger partial charge in [-0.05, 0) is 48.7 Å². The van der Waals surface area contributed by atoms with E-state index in [1.54, 1.807) is 24.3 Å². The number of rotatable bonds is 11. The molecule has 8 heteroatoms. The fourth-order valence-corrected chi connectivity index (χ4v) is 2.93. The molecule has 2 amide bonds. The minimum absolute atomic E-state index is 0.107. The van der Waals surface area contributed by atoms with Gasteiger partial charge in [-0.15, -0.1) is 0 Å². The van der Waals surface area contributed by atoms with E-state index >= 15 is 0 Å². The second-order valence-electron chi connectivity index (χ2n) is 7.13. The molecule has 7 nitrogen and oxygen atoms in total. The monoisotopic (exact) mass is 433 g/mol. The van der Waals surface area contributed by atoms with Gasteiger partial charge in [0.1, 0.15) is 0 Å². The average molecular weight is 434 g/mol. The van der Waals surface area contributed by atoms with Crippen molar-refractivity contribution in [3.05, 3.63) is 52.5 Å². The van der Waals surface area contributed by atoms with Gasteiger partial charge in [-0.25, -0.2) is 0 Å². The fraction of sp³-hybridized carbons (Fsp3) is 0.364. The summed E-state index contributed by atoms with van der Waals surface area (Å²) in [6.45, 7) is 7.13. The van der Waals surface area contributed by atoms with Crippen molar-refractivity contribution in [2.45, 2.75) is 27.3 Å². The number of nitrogens with two attached hydrogens (primary N) is 1. The summed E-state index contributed by atoms with van der Waals surface area (Å²) >= 11 is 6.32. The first-order chi connectivity index (χ1) is 14.3. The maximum atomic E-state index is 12.3. The summed E-state index contributed by atoms with van der Waals surface area (Å²) in [5, 5.41) is 6.51. The second kappa shape index (κ2) is 11.3. The van der Waals surface area contributed by atoms with Crippen molar-refractivity contribution in [3.8, 4) is 11.5 Å². The van der Waals surface area contributed by atoms with Crippen LogP contribution >= 0.6 is 11.6 Å². The molecule has 0 aromatic heterocycles. The van der Waals surface area contributed by atoms with E-state index in [1.807, 2.05) is 32.9 Å². The molecule has 30 heavy (non-hydrogen) atoms. The maximum absolute atomic E-state index is 12.3. The molecule has 0 heterocycles. The fourth-order valence-electron chi connectivity index (χ4n) is 2.64. The summed E-state index contributed by atoms with van der Waals surface area (Å²) in [7, 11) is 0. The van der Waals surface area contributed by atoms with E-state index in [0.717, 1.165) is 11.3 Å². The number of anilines is 1. The number of benzene rings is 2. The van der Waals surface area contributed by atoms with Gasteiger partial charge in [0.05, 0.1) is 11.6 Å². The third kappa shape index (κ3) is 7.15. The van der Waals surface area contributed by atoms with Gasteiger partial charge in [-0.2, -0.15) is 0 Å². The van der Waals surface area contributed by atoms with Crippen molar-refractivity contribution >= 4 is 29.1 Å². The molecule has 0 unspecified atom stereocenters. The van der Waals surface area contributed by atoms with Gasteiger partial charge in [-0.3, -0.25) is 9.59 Å². The highest BCUT2D eigenvalue weighted by atomic mass is 35.5. The summed E-state index contributed by atoms with van der Waals surface area (Å²) in [6.07, 6.45) is 0. The van der Waals surface area contributed by atoms with Crippen molar-refractivity contribution in [2.24, 2.45) is 11.7 Å². The summed E-state index contributed by atoms with van der Waals surface area (Å²) in [5.74, 6) is 0.394. The Labute approximate surface area is 181 Å². The van der Waals surface area contributed by atoms with Gasteiger partial charge in [0.2, 0.25) is 0 Å². The SMILES string of the molecule is CCOc1cc(CNc2cccc(C(=O)NCC(C)C)c2)cc(Cl)c1OCC(N)=O. The number of carbonyl (C=O) groups is 2. The Morgan fingerprint density at radius 3 is 2.60 bits per heavy atom. The van der Waals surface area contributed by atoms with Crippen molar-refractivity contribution in [1.82, 2.24) is 5.32 Å². The third-order valence-corrected chi connectivity index (χ3v) is 4.30. The van der Waals surface area contributed by atoms with E-state index in [4.69, 9.17) is 26.8 Å². The third-order valence-electron chi connectivity index (χ3n) is 4.02. The zero-order valence-electron chi connectivity index (χ0n) is 17.5.